The predicted octanol–water partition coefficient (Wildman–Crippen LogP) is 2.63. The van der Waals surface area contributed by atoms with E-state index in [1.807, 2.05) is 19.9 Å². The highest BCUT2D eigenvalue weighted by Gasteiger charge is 2.14. The summed E-state index contributed by atoms with van der Waals surface area (Å²) in [6.07, 6.45) is 0. The first-order chi connectivity index (χ1) is 7.60. The maximum atomic E-state index is 12.0. The number of aryl methyl sites for hydroxylation is 1. The molecule has 0 N–H and O–H groups in total. The van der Waals surface area contributed by atoms with Crippen LogP contribution in [0.25, 0.3) is 0 Å². The van der Waals surface area contributed by atoms with Gasteiger partial charge in [-0.2, -0.15) is 5.26 Å². The molecule has 0 atom stereocenters. The summed E-state index contributed by atoms with van der Waals surface area (Å²) in [7, 11) is 0. The number of hydrogen-bond donors (Lipinski definition) is 0. The Kier molecular flexibility index (Phi) is 4.33. The Morgan fingerprint density at radius 2 is 2.25 bits per heavy atom. The molecule has 0 saturated carbocycles. The summed E-state index contributed by atoms with van der Waals surface area (Å²) < 4.78 is 0. The predicted molar refractivity (Wildman–Crippen MR) is 63.4 cm³/mol. The molecule has 0 bridgehead atoms. The fraction of sp³-hybridized carbons (Fsp3) is 0.333. The van der Waals surface area contributed by atoms with Crippen molar-refractivity contribution in [2.45, 2.75) is 13.8 Å². The van der Waals surface area contributed by atoms with Gasteiger partial charge >= 0.3 is 0 Å². The van der Waals surface area contributed by atoms with Gasteiger partial charge in [-0.3, -0.25) is 4.79 Å². The van der Waals surface area contributed by atoms with Crippen LogP contribution in [0.5, 0.6) is 0 Å². The average molecular weight is 237 g/mol. The maximum absolute atomic E-state index is 12.0. The van der Waals surface area contributed by atoms with Crippen LogP contribution in [0, 0.1) is 18.3 Å². The van der Waals surface area contributed by atoms with Crippen molar-refractivity contribution < 1.29 is 4.79 Å². The molecule has 84 valence electrons. The van der Waals surface area contributed by atoms with Crippen LogP contribution < -0.4 is 0 Å². The van der Waals surface area contributed by atoms with E-state index in [0.29, 0.717) is 17.1 Å². The molecule has 1 rings (SSSR count). The number of benzene rings is 1. The molecule has 0 saturated heterocycles. The lowest BCUT2D eigenvalue weighted by atomic mass is 10.1. The highest BCUT2D eigenvalue weighted by Crippen LogP contribution is 2.17. The molecule has 4 heteroatoms. The summed E-state index contributed by atoms with van der Waals surface area (Å²) in [6.45, 7) is 4.32. The molecule has 1 amide bonds. The van der Waals surface area contributed by atoms with Gasteiger partial charge in [0.05, 0.1) is 6.07 Å². The number of halogens is 1. The second kappa shape index (κ2) is 5.53. The molecule has 16 heavy (non-hydrogen) atoms. The van der Waals surface area contributed by atoms with Crippen molar-refractivity contribution in [3.05, 3.63) is 34.3 Å². The molecule has 0 radical (unpaired) electrons. The first-order valence-electron chi connectivity index (χ1n) is 5.02. The quantitative estimate of drug-likeness (QED) is 0.758. The fourth-order valence-electron chi connectivity index (χ4n) is 1.37. The molecule has 1 aromatic rings. The van der Waals surface area contributed by atoms with Gasteiger partial charge in [-0.05, 0) is 37.6 Å². The number of nitrogens with zero attached hydrogens (tertiary/aromatic N) is 2. The molecule has 3 nitrogen and oxygen atoms in total. The van der Waals surface area contributed by atoms with Gasteiger partial charge in [-0.15, -0.1) is 0 Å². The lowest BCUT2D eigenvalue weighted by molar-refractivity contribution is 0.0784. The Balaban J connectivity index is 2.95. The van der Waals surface area contributed by atoms with Gasteiger partial charge in [-0.1, -0.05) is 11.6 Å². The van der Waals surface area contributed by atoms with Crippen LogP contribution in [-0.2, 0) is 0 Å². The molecule has 0 spiro atoms. The number of carbonyl (C=O) groups excluding carboxylic acids is 1. The summed E-state index contributed by atoms with van der Waals surface area (Å²) in [4.78, 5) is 13.4. The number of hydrogen-bond acceptors (Lipinski definition) is 2. The SMILES string of the molecule is CCN(CC#N)C(=O)c1ccc(Cl)c(C)c1. The minimum atomic E-state index is -0.135. The number of rotatable bonds is 3. The van der Waals surface area contributed by atoms with Crippen LogP contribution in [0.2, 0.25) is 5.02 Å². The van der Waals surface area contributed by atoms with Gasteiger partial charge in [0.25, 0.3) is 5.91 Å². The van der Waals surface area contributed by atoms with Crippen molar-refractivity contribution in [2.75, 3.05) is 13.1 Å². The third kappa shape index (κ3) is 2.74. The van der Waals surface area contributed by atoms with E-state index in [2.05, 4.69) is 0 Å². The van der Waals surface area contributed by atoms with E-state index in [9.17, 15) is 4.79 Å². The van der Waals surface area contributed by atoms with Crippen molar-refractivity contribution in [2.24, 2.45) is 0 Å². The Morgan fingerprint density at radius 3 is 2.75 bits per heavy atom. The summed E-state index contributed by atoms with van der Waals surface area (Å²) in [6, 6.07) is 7.09. The van der Waals surface area contributed by atoms with Gasteiger partial charge in [0, 0.05) is 17.1 Å². The zero-order valence-corrected chi connectivity index (χ0v) is 10.1. The summed E-state index contributed by atoms with van der Waals surface area (Å²) in [5, 5.41) is 9.24. The van der Waals surface area contributed by atoms with Crippen molar-refractivity contribution in [3.63, 3.8) is 0 Å². The zero-order valence-electron chi connectivity index (χ0n) is 9.33. The largest absolute Gasteiger partial charge is 0.326 e. The fourth-order valence-corrected chi connectivity index (χ4v) is 1.49. The topological polar surface area (TPSA) is 44.1 Å². The molecule has 0 aliphatic rings. The molecule has 0 heterocycles. The van der Waals surface area contributed by atoms with Gasteiger partial charge in [-0.25, -0.2) is 0 Å². The molecular weight excluding hydrogens is 224 g/mol. The lowest BCUT2D eigenvalue weighted by Gasteiger charge is -2.17. The number of nitriles is 1. The smallest absolute Gasteiger partial charge is 0.254 e. The van der Waals surface area contributed by atoms with Gasteiger partial charge < -0.3 is 4.90 Å². The van der Waals surface area contributed by atoms with E-state index in [0.717, 1.165) is 5.56 Å². The molecule has 0 unspecified atom stereocenters. The second-order valence-corrected chi connectivity index (χ2v) is 3.85. The van der Waals surface area contributed by atoms with Crippen LogP contribution in [0.3, 0.4) is 0 Å². The van der Waals surface area contributed by atoms with Crippen molar-refractivity contribution in [1.82, 2.24) is 4.90 Å². The standard InChI is InChI=1S/C12H13ClN2O/c1-3-15(7-6-14)12(16)10-4-5-11(13)9(2)8-10/h4-5,8H,3,7H2,1-2H3. The molecular formula is C12H13ClN2O. The van der Waals surface area contributed by atoms with Gasteiger partial charge in [0.2, 0.25) is 0 Å². The highest BCUT2D eigenvalue weighted by atomic mass is 35.5. The maximum Gasteiger partial charge on any atom is 0.254 e. The van der Waals surface area contributed by atoms with Crippen LogP contribution >= 0.6 is 11.6 Å². The number of carbonyl (C=O) groups is 1. The summed E-state index contributed by atoms with van der Waals surface area (Å²) in [5.74, 6) is -0.135. The molecule has 1 aromatic carbocycles. The first kappa shape index (κ1) is 12.5. The Morgan fingerprint density at radius 1 is 1.56 bits per heavy atom. The second-order valence-electron chi connectivity index (χ2n) is 3.44. The Hall–Kier alpha value is -1.53. The normalized spacial score (nSPS) is 9.62. The van der Waals surface area contributed by atoms with Gasteiger partial charge in [0.15, 0.2) is 0 Å². The third-order valence-corrected chi connectivity index (χ3v) is 2.76. The van der Waals surface area contributed by atoms with Crippen LogP contribution in [0.1, 0.15) is 22.8 Å². The minimum Gasteiger partial charge on any atom is -0.326 e. The van der Waals surface area contributed by atoms with E-state index in [1.165, 1.54) is 4.90 Å². The molecule has 0 aromatic heterocycles. The third-order valence-electron chi connectivity index (χ3n) is 2.34. The van der Waals surface area contributed by atoms with Gasteiger partial charge in [0.1, 0.15) is 6.54 Å². The van der Waals surface area contributed by atoms with Crippen LogP contribution in [-0.4, -0.2) is 23.9 Å². The van der Waals surface area contributed by atoms with E-state index in [-0.39, 0.29) is 12.5 Å². The lowest BCUT2D eigenvalue weighted by Crippen LogP contribution is -2.31. The van der Waals surface area contributed by atoms with E-state index in [4.69, 9.17) is 16.9 Å². The molecule has 0 aliphatic heterocycles. The average Bonchev–Trinajstić information content (AvgIpc) is 2.28. The zero-order chi connectivity index (χ0) is 12.1. The first-order valence-corrected chi connectivity index (χ1v) is 5.40. The molecule has 0 fully saturated rings. The Bertz CT molecular complexity index is 437. The molecule has 0 aliphatic carbocycles. The number of amides is 1. The van der Waals surface area contributed by atoms with E-state index in [1.54, 1.807) is 18.2 Å². The van der Waals surface area contributed by atoms with Crippen molar-refractivity contribution >= 4 is 17.5 Å². The highest BCUT2D eigenvalue weighted by molar-refractivity contribution is 6.31. The monoisotopic (exact) mass is 236 g/mol. The summed E-state index contributed by atoms with van der Waals surface area (Å²) in [5.41, 5.74) is 1.43. The van der Waals surface area contributed by atoms with Crippen LogP contribution in [0.15, 0.2) is 18.2 Å². The van der Waals surface area contributed by atoms with Crippen molar-refractivity contribution in [1.29, 1.82) is 5.26 Å². The summed E-state index contributed by atoms with van der Waals surface area (Å²) >= 11 is 5.88. The minimum absolute atomic E-state index is 0.108. The Labute approximate surface area is 100 Å². The van der Waals surface area contributed by atoms with Crippen LogP contribution in [0.4, 0.5) is 0 Å². The van der Waals surface area contributed by atoms with Crippen molar-refractivity contribution in [3.8, 4) is 6.07 Å². The van der Waals surface area contributed by atoms with E-state index < -0.39 is 0 Å². The van der Waals surface area contributed by atoms with E-state index >= 15 is 0 Å².